The van der Waals surface area contributed by atoms with Crippen molar-refractivity contribution in [2.45, 2.75) is 31.9 Å². The highest BCUT2D eigenvalue weighted by Crippen LogP contribution is 2.23. The molecule has 1 heterocycles. The van der Waals surface area contributed by atoms with E-state index in [1.807, 2.05) is 6.92 Å². The summed E-state index contributed by atoms with van der Waals surface area (Å²) in [7, 11) is 0. The van der Waals surface area contributed by atoms with Crippen LogP contribution in [0.3, 0.4) is 0 Å². The lowest BCUT2D eigenvalue weighted by molar-refractivity contribution is -0.155. The number of β-amino-alcohol motifs (C(OH)–C–C–N with tert-alkyl or cyclic N) is 1. The first-order valence-electron chi connectivity index (χ1n) is 4.15. The lowest BCUT2D eigenvalue weighted by Gasteiger charge is -2.46. The lowest BCUT2D eigenvalue weighted by atomic mass is 9.94. The Morgan fingerprint density at radius 2 is 2.17 bits per heavy atom. The number of aliphatic hydroxyl groups is 1. The number of rotatable bonds is 3. The molecule has 70 valence electrons. The molecule has 0 aliphatic carbocycles. The maximum absolute atomic E-state index is 10.7. The summed E-state index contributed by atoms with van der Waals surface area (Å²) in [6.07, 6.45) is 0.589. The summed E-state index contributed by atoms with van der Waals surface area (Å²) >= 11 is 0. The molecule has 4 heteroatoms. The van der Waals surface area contributed by atoms with Crippen molar-refractivity contribution in [2.75, 3.05) is 13.1 Å². The van der Waals surface area contributed by atoms with Crippen molar-refractivity contribution >= 4 is 5.97 Å². The minimum absolute atomic E-state index is 0.426. The molecular weight excluding hydrogens is 158 g/mol. The topological polar surface area (TPSA) is 60.8 Å². The van der Waals surface area contributed by atoms with Crippen LogP contribution in [0.5, 0.6) is 0 Å². The van der Waals surface area contributed by atoms with Gasteiger partial charge in [0.1, 0.15) is 6.04 Å². The van der Waals surface area contributed by atoms with Crippen LogP contribution in [-0.4, -0.2) is 45.8 Å². The Morgan fingerprint density at radius 3 is 2.42 bits per heavy atom. The zero-order valence-corrected chi connectivity index (χ0v) is 7.45. The highest BCUT2D eigenvalue weighted by atomic mass is 16.4. The fraction of sp³-hybridized carbons (Fsp3) is 0.875. The van der Waals surface area contributed by atoms with Gasteiger partial charge in [-0.1, -0.05) is 6.92 Å². The standard InChI is InChI=1S/C8H15NO3/c1-3-6(7(10)11)9-4-8(2,12)5-9/h6,12H,3-5H2,1-2H3,(H,10,11). The van der Waals surface area contributed by atoms with Gasteiger partial charge in [-0.25, -0.2) is 0 Å². The Balaban J connectivity index is 2.45. The van der Waals surface area contributed by atoms with Crippen LogP contribution in [0.25, 0.3) is 0 Å². The number of likely N-dealkylation sites (tertiary alicyclic amines) is 1. The number of aliphatic carboxylic acids is 1. The van der Waals surface area contributed by atoms with Crippen molar-refractivity contribution in [3.63, 3.8) is 0 Å². The SMILES string of the molecule is CCC(C(=O)O)N1CC(C)(O)C1. The Bertz CT molecular complexity index is 183. The predicted octanol–water partition coefficient (Wildman–Crippen LogP) is -0.0838. The van der Waals surface area contributed by atoms with E-state index in [0.29, 0.717) is 19.5 Å². The van der Waals surface area contributed by atoms with Crippen LogP contribution in [0.15, 0.2) is 0 Å². The van der Waals surface area contributed by atoms with Gasteiger partial charge in [-0.2, -0.15) is 0 Å². The average molecular weight is 173 g/mol. The molecule has 12 heavy (non-hydrogen) atoms. The molecule has 1 aliphatic rings. The third-order valence-corrected chi connectivity index (χ3v) is 2.20. The number of carbonyl (C=O) groups is 1. The van der Waals surface area contributed by atoms with E-state index in [1.54, 1.807) is 11.8 Å². The van der Waals surface area contributed by atoms with Gasteiger partial charge in [0.15, 0.2) is 0 Å². The molecule has 0 radical (unpaired) electrons. The monoisotopic (exact) mass is 173 g/mol. The highest BCUT2D eigenvalue weighted by Gasteiger charge is 2.41. The second-order valence-corrected chi connectivity index (χ2v) is 3.66. The zero-order chi connectivity index (χ0) is 9.35. The molecule has 1 saturated heterocycles. The largest absolute Gasteiger partial charge is 0.480 e. The van der Waals surface area contributed by atoms with E-state index < -0.39 is 17.6 Å². The third-order valence-electron chi connectivity index (χ3n) is 2.20. The van der Waals surface area contributed by atoms with Gasteiger partial charge in [-0.15, -0.1) is 0 Å². The van der Waals surface area contributed by atoms with Crippen molar-refractivity contribution in [2.24, 2.45) is 0 Å². The second-order valence-electron chi connectivity index (χ2n) is 3.66. The summed E-state index contributed by atoms with van der Waals surface area (Å²) in [5.74, 6) is -0.798. The van der Waals surface area contributed by atoms with Gasteiger partial charge in [-0.05, 0) is 13.3 Å². The molecule has 1 atom stereocenters. The summed E-state index contributed by atoms with van der Waals surface area (Å²) in [5, 5.41) is 18.1. The van der Waals surface area contributed by atoms with E-state index in [-0.39, 0.29) is 0 Å². The number of nitrogens with zero attached hydrogens (tertiary/aromatic N) is 1. The minimum atomic E-state index is -0.798. The summed E-state index contributed by atoms with van der Waals surface area (Å²) in [6.45, 7) is 4.50. The van der Waals surface area contributed by atoms with Crippen LogP contribution in [0.1, 0.15) is 20.3 Å². The smallest absolute Gasteiger partial charge is 0.320 e. The summed E-state index contributed by atoms with van der Waals surface area (Å²) in [5.41, 5.74) is -0.678. The van der Waals surface area contributed by atoms with Crippen molar-refractivity contribution in [3.05, 3.63) is 0 Å². The summed E-state index contributed by atoms with van der Waals surface area (Å²) in [4.78, 5) is 12.4. The Labute approximate surface area is 71.8 Å². The number of carboxylic acids is 1. The normalized spacial score (nSPS) is 24.6. The van der Waals surface area contributed by atoms with E-state index >= 15 is 0 Å². The molecule has 0 saturated carbocycles. The van der Waals surface area contributed by atoms with Crippen LogP contribution in [0.4, 0.5) is 0 Å². The summed E-state index contributed by atoms with van der Waals surface area (Å²) in [6, 6.07) is -0.426. The summed E-state index contributed by atoms with van der Waals surface area (Å²) < 4.78 is 0. The van der Waals surface area contributed by atoms with Crippen LogP contribution >= 0.6 is 0 Å². The van der Waals surface area contributed by atoms with Gasteiger partial charge < -0.3 is 10.2 Å². The zero-order valence-electron chi connectivity index (χ0n) is 7.45. The maximum atomic E-state index is 10.7. The Morgan fingerprint density at radius 1 is 1.67 bits per heavy atom. The third kappa shape index (κ3) is 1.76. The minimum Gasteiger partial charge on any atom is -0.480 e. The fourth-order valence-electron chi connectivity index (χ4n) is 1.64. The molecular formula is C8H15NO3. The first-order chi connectivity index (χ1) is 5.46. The molecule has 0 aromatic carbocycles. The molecule has 0 aromatic rings. The number of carboxylic acid groups (broad SMARTS) is 1. The van der Waals surface area contributed by atoms with Gasteiger partial charge in [0.2, 0.25) is 0 Å². The van der Waals surface area contributed by atoms with Gasteiger partial charge in [0.05, 0.1) is 5.60 Å². The predicted molar refractivity (Wildman–Crippen MR) is 43.9 cm³/mol. The maximum Gasteiger partial charge on any atom is 0.320 e. The number of hydrogen-bond donors (Lipinski definition) is 2. The average Bonchev–Trinajstić information content (AvgIpc) is 1.84. The molecule has 0 bridgehead atoms. The van der Waals surface area contributed by atoms with Crippen molar-refractivity contribution < 1.29 is 15.0 Å². The van der Waals surface area contributed by atoms with E-state index in [2.05, 4.69) is 0 Å². The van der Waals surface area contributed by atoms with Crippen molar-refractivity contribution in [1.82, 2.24) is 4.90 Å². The van der Waals surface area contributed by atoms with Crippen molar-refractivity contribution in [3.8, 4) is 0 Å². The van der Waals surface area contributed by atoms with E-state index in [9.17, 15) is 9.90 Å². The van der Waals surface area contributed by atoms with E-state index in [0.717, 1.165) is 0 Å². The van der Waals surface area contributed by atoms with Crippen LogP contribution < -0.4 is 0 Å². The highest BCUT2D eigenvalue weighted by molar-refractivity contribution is 5.73. The van der Waals surface area contributed by atoms with Gasteiger partial charge in [-0.3, -0.25) is 9.69 Å². The second kappa shape index (κ2) is 3.03. The first-order valence-corrected chi connectivity index (χ1v) is 4.15. The van der Waals surface area contributed by atoms with Gasteiger partial charge in [0, 0.05) is 13.1 Å². The molecule has 1 aliphatic heterocycles. The Hall–Kier alpha value is -0.610. The van der Waals surface area contributed by atoms with Crippen LogP contribution in [0, 0.1) is 0 Å². The van der Waals surface area contributed by atoms with E-state index in [1.165, 1.54) is 0 Å². The molecule has 0 aromatic heterocycles. The lowest BCUT2D eigenvalue weighted by Crippen LogP contribution is -2.64. The van der Waals surface area contributed by atoms with Crippen LogP contribution in [0.2, 0.25) is 0 Å². The molecule has 0 spiro atoms. The quantitative estimate of drug-likeness (QED) is 0.626. The Kier molecular flexibility index (Phi) is 2.39. The molecule has 1 unspecified atom stereocenters. The fourth-order valence-corrected chi connectivity index (χ4v) is 1.64. The molecule has 1 fully saturated rings. The van der Waals surface area contributed by atoms with E-state index in [4.69, 9.17) is 5.11 Å². The number of hydrogen-bond acceptors (Lipinski definition) is 3. The first kappa shape index (κ1) is 9.48. The molecule has 0 amide bonds. The molecule has 2 N–H and O–H groups in total. The van der Waals surface area contributed by atoms with Crippen molar-refractivity contribution in [1.29, 1.82) is 0 Å². The molecule has 1 rings (SSSR count). The molecule has 4 nitrogen and oxygen atoms in total. The van der Waals surface area contributed by atoms with Crippen LogP contribution in [-0.2, 0) is 4.79 Å². The van der Waals surface area contributed by atoms with Gasteiger partial charge in [0.25, 0.3) is 0 Å². The van der Waals surface area contributed by atoms with Gasteiger partial charge >= 0.3 is 5.97 Å².